The van der Waals surface area contributed by atoms with Gasteiger partial charge in [-0.15, -0.1) is 0 Å². The molecule has 21 heavy (non-hydrogen) atoms. The fraction of sp³-hybridized carbons (Fsp3) is 0.312. The van der Waals surface area contributed by atoms with Crippen molar-refractivity contribution in [1.82, 2.24) is 9.97 Å². The number of aryl methyl sites for hydroxylation is 2. The predicted octanol–water partition coefficient (Wildman–Crippen LogP) is 2.62. The quantitative estimate of drug-likeness (QED) is 0.657. The van der Waals surface area contributed by atoms with Crippen molar-refractivity contribution in [3.05, 3.63) is 57.5 Å². The van der Waals surface area contributed by atoms with Gasteiger partial charge < -0.3 is 0 Å². The van der Waals surface area contributed by atoms with E-state index < -0.39 is 0 Å². The first-order valence-corrected chi connectivity index (χ1v) is 7.21. The summed E-state index contributed by atoms with van der Waals surface area (Å²) in [5, 5.41) is 4.47. The van der Waals surface area contributed by atoms with Gasteiger partial charge in [0, 0.05) is 17.3 Å². The highest BCUT2D eigenvalue weighted by molar-refractivity contribution is 6.02. The number of nitrogens with one attached hydrogen (secondary N) is 2. The molecular formula is C16H18N4O. The molecule has 1 aliphatic carbocycles. The zero-order valence-corrected chi connectivity index (χ0v) is 12.0. The highest BCUT2D eigenvalue weighted by Crippen LogP contribution is 2.21. The molecule has 1 aromatic carbocycles. The molecule has 5 heteroatoms. The number of fused-ring (bicyclic) bond motifs is 1. The van der Waals surface area contributed by atoms with Gasteiger partial charge in [0.15, 0.2) is 0 Å². The Bertz CT molecular complexity index is 733. The number of H-pyrrole nitrogens is 1. The molecule has 1 heterocycles. The van der Waals surface area contributed by atoms with E-state index in [2.05, 4.69) is 38.7 Å². The van der Waals surface area contributed by atoms with Crippen molar-refractivity contribution in [3.63, 3.8) is 0 Å². The van der Waals surface area contributed by atoms with Crippen LogP contribution < -0.4 is 11.0 Å². The van der Waals surface area contributed by atoms with E-state index >= 15 is 0 Å². The first kappa shape index (κ1) is 13.5. The van der Waals surface area contributed by atoms with Crippen molar-refractivity contribution in [2.45, 2.75) is 32.6 Å². The zero-order chi connectivity index (χ0) is 14.7. The molecule has 0 saturated carbocycles. The van der Waals surface area contributed by atoms with Gasteiger partial charge >= 0.3 is 0 Å². The molecule has 0 radical (unpaired) electrons. The monoisotopic (exact) mass is 282 g/mol. The maximum Gasteiger partial charge on any atom is 0.252 e. The van der Waals surface area contributed by atoms with E-state index in [0.29, 0.717) is 11.6 Å². The lowest BCUT2D eigenvalue weighted by Crippen LogP contribution is -2.12. The normalized spacial score (nSPS) is 16.3. The second kappa shape index (κ2) is 5.91. The number of benzene rings is 1. The molecule has 5 nitrogen and oxygen atoms in total. The van der Waals surface area contributed by atoms with Gasteiger partial charge in [0.05, 0.1) is 5.71 Å². The summed E-state index contributed by atoms with van der Waals surface area (Å²) < 4.78 is 0. The van der Waals surface area contributed by atoms with Gasteiger partial charge in [-0.2, -0.15) is 5.10 Å². The van der Waals surface area contributed by atoms with Gasteiger partial charge in [-0.25, -0.2) is 10.4 Å². The Balaban J connectivity index is 1.90. The molecule has 1 aliphatic rings. The Morgan fingerprint density at radius 1 is 1.24 bits per heavy atom. The molecule has 108 valence electrons. The number of anilines is 1. The van der Waals surface area contributed by atoms with Crippen LogP contribution in [0.4, 0.5) is 5.95 Å². The first-order valence-electron chi connectivity index (χ1n) is 7.21. The summed E-state index contributed by atoms with van der Waals surface area (Å²) in [7, 11) is 0. The molecule has 0 spiro atoms. The van der Waals surface area contributed by atoms with E-state index in [1.165, 1.54) is 23.6 Å². The van der Waals surface area contributed by atoms with Crippen LogP contribution in [0.3, 0.4) is 0 Å². The predicted molar refractivity (Wildman–Crippen MR) is 83.8 cm³/mol. The van der Waals surface area contributed by atoms with Gasteiger partial charge in [0.25, 0.3) is 5.56 Å². The van der Waals surface area contributed by atoms with E-state index in [9.17, 15) is 4.79 Å². The Morgan fingerprint density at radius 3 is 2.90 bits per heavy atom. The fourth-order valence-electron chi connectivity index (χ4n) is 2.63. The fourth-order valence-corrected chi connectivity index (χ4v) is 2.63. The summed E-state index contributed by atoms with van der Waals surface area (Å²) in [6, 6.07) is 9.82. The number of hydrogen-bond donors (Lipinski definition) is 2. The van der Waals surface area contributed by atoms with Crippen LogP contribution in [0.5, 0.6) is 0 Å². The molecule has 0 amide bonds. The molecule has 0 aliphatic heterocycles. The van der Waals surface area contributed by atoms with Crippen LogP contribution in [0.2, 0.25) is 0 Å². The lowest BCUT2D eigenvalue weighted by atomic mass is 10.0. The topological polar surface area (TPSA) is 70.1 Å². The van der Waals surface area contributed by atoms with Gasteiger partial charge in [-0.3, -0.25) is 9.78 Å². The van der Waals surface area contributed by atoms with E-state index in [1.54, 1.807) is 6.92 Å². The molecule has 0 unspecified atom stereocenters. The van der Waals surface area contributed by atoms with Gasteiger partial charge in [0.1, 0.15) is 0 Å². The van der Waals surface area contributed by atoms with E-state index in [1.807, 2.05) is 6.07 Å². The lowest BCUT2D eigenvalue weighted by molar-refractivity contribution is 0.775. The summed E-state index contributed by atoms with van der Waals surface area (Å²) in [5.41, 5.74) is 6.93. The van der Waals surface area contributed by atoms with Crippen molar-refractivity contribution >= 4 is 11.7 Å². The highest BCUT2D eigenvalue weighted by atomic mass is 16.1. The first-order chi connectivity index (χ1) is 10.2. The van der Waals surface area contributed by atoms with Crippen molar-refractivity contribution in [3.8, 4) is 0 Å². The third-order valence-electron chi connectivity index (χ3n) is 3.60. The van der Waals surface area contributed by atoms with Crippen LogP contribution in [0.1, 0.15) is 36.1 Å². The summed E-state index contributed by atoms with van der Waals surface area (Å²) in [5.74, 6) is 0.384. The minimum absolute atomic E-state index is 0.175. The van der Waals surface area contributed by atoms with Crippen LogP contribution >= 0.6 is 0 Å². The minimum Gasteiger partial charge on any atom is -0.291 e. The second-order valence-electron chi connectivity index (χ2n) is 5.27. The Morgan fingerprint density at radius 2 is 2.05 bits per heavy atom. The standard InChI is InChI=1S/C16H18N4O/c1-11-10-15(21)18-16(17-11)20-19-14-9-5-3-7-12-6-2-4-8-13(12)14/h2,4,6,8,10H,3,5,7,9H2,1H3,(H2,17,18,20,21)/b19-14-. The van der Waals surface area contributed by atoms with Gasteiger partial charge in [-0.1, -0.05) is 24.3 Å². The van der Waals surface area contributed by atoms with E-state index in [0.717, 1.165) is 25.0 Å². The molecule has 3 rings (SSSR count). The molecule has 2 N–H and O–H groups in total. The van der Waals surface area contributed by atoms with Crippen molar-refractivity contribution in [2.24, 2.45) is 5.10 Å². The summed E-state index contributed by atoms with van der Waals surface area (Å²) in [6.45, 7) is 1.79. The van der Waals surface area contributed by atoms with E-state index in [4.69, 9.17) is 0 Å². The third kappa shape index (κ3) is 3.18. The molecule has 0 saturated heterocycles. The number of hydrazone groups is 1. The smallest absolute Gasteiger partial charge is 0.252 e. The molecule has 1 aromatic heterocycles. The molecule has 0 atom stereocenters. The Hall–Kier alpha value is -2.43. The van der Waals surface area contributed by atoms with Crippen molar-refractivity contribution in [2.75, 3.05) is 5.43 Å². The summed E-state index contributed by atoms with van der Waals surface area (Å²) >= 11 is 0. The molecule has 2 aromatic rings. The second-order valence-corrected chi connectivity index (χ2v) is 5.27. The van der Waals surface area contributed by atoms with Gasteiger partial charge in [0.2, 0.25) is 5.95 Å². The summed E-state index contributed by atoms with van der Waals surface area (Å²) in [6.07, 6.45) is 4.32. The molecular weight excluding hydrogens is 264 g/mol. The molecule has 0 bridgehead atoms. The van der Waals surface area contributed by atoms with Crippen molar-refractivity contribution < 1.29 is 0 Å². The van der Waals surface area contributed by atoms with Crippen molar-refractivity contribution in [1.29, 1.82) is 0 Å². The maximum atomic E-state index is 11.4. The minimum atomic E-state index is -0.175. The molecule has 0 fully saturated rings. The van der Waals surface area contributed by atoms with Crippen LogP contribution in [0, 0.1) is 6.92 Å². The van der Waals surface area contributed by atoms with Crippen LogP contribution in [-0.4, -0.2) is 15.7 Å². The zero-order valence-electron chi connectivity index (χ0n) is 12.0. The van der Waals surface area contributed by atoms with Gasteiger partial charge in [-0.05, 0) is 38.2 Å². The van der Waals surface area contributed by atoms with Crippen LogP contribution in [0.15, 0.2) is 40.2 Å². The Labute approximate surface area is 123 Å². The number of nitrogens with zero attached hydrogens (tertiary/aromatic N) is 2. The SMILES string of the molecule is Cc1cc(=O)[nH]c(N/N=C2/CCCCc3ccccc32)n1. The number of hydrogen-bond acceptors (Lipinski definition) is 4. The number of rotatable bonds is 2. The van der Waals surface area contributed by atoms with Crippen LogP contribution in [-0.2, 0) is 6.42 Å². The highest BCUT2D eigenvalue weighted by Gasteiger charge is 2.13. The average molecular weight is 282 g/mol. The largest absolute Gasteiger partial charge is 0.291 e. The van der Waals surface area contributed by atoms with Crippen LogP contribution in [0.25, 0.3) is 0 Å². The maximum absolute atomic E-state index is 11.4. The Kier molecular flexibility index (Phi) is 3.81. The third-order valence-corrected chi connectivity index (χ3v) is 3.60. The number of aromatic amines is 1. The number of aromatic nitrogens is 2. The lowest BCUT2D eigenvalue weighted by Gasteiger charge is -2.08. The van der Waals surface area contributed by atoms with E-state index in [-0.39, 0.29) is 5.56 Å². The summed E-state index contributed by atoms with van der Waals surface area (Å²) in [4.78, 5) is 18.3. The average Bonchev–Trinajstić information content (AvgIpc) is 2.66.